The van der Waals surface area contributed by atoms with Gasteiger partial charge in [0.25, 0.3) is 5.91 Å². The fourth-order valence-corrected chi connectivity index (χ4v) is 2.62. The molecule has 3 nitrogen and oxygen atoms in total. The Bertz CT molecular complexity index is 702. The van der Waals surface area contributed by atoms with Crippen LogP contribution in [-0.2, 0) is 6.54 Å². The number of nitrogens with one attached hydrogen (secondary N) is 1. The van der Waals surface area contributed by atoms with Crippen LogP contribution >= 0.6 is 11.3 Å². The van der Waals surface area contributed by atoms with E-state index >= 15 is 0 Å². The summed E-state index contributed by atoms with van der Waals surface area (Å²) in [5, 5.41) is 5.91. The molecule has 0 aliphatic heterocycles. The highest BCUT2D eigenvalue weighted by molar-refractivity contribution is 7.12. The Balaban J connectivity index is 1.81. The van der Waals surface area contributed by atoms with Crippen LogP contribution in [0.5, 0.6) is 0 Å². The molecule has 3 aromatic rings. The van der Waals surface area contributed by atoms with E-state index in [0.717, 1.165) is 21.3 Å². The highest BCUT2D eigenvalue weighted by atomic mass is 32.1. The maximum Gasteiger partial charge on any atom is 0.261 e. The summed E-state index contributed by atoms with van der Waals surface area (Å²) in [6.07, 6.45) is 1.77. The Hall–Kier alpha value is -2.20. The Morgan fingerprint density at radius 3 is 2.89 bits per heavy atom. The fourth-order valence-electron chi connectivity index (χ4n) is 1.98. The second kappa shape index (κ2) is 5.20. The van der Waals surface area contributed by atoms with Gasteiger partial charge in [-0.05, 0) is 23.1 Å². The molecule has 3 rings (SSSR count). The number of hydrogen-bond acceptors (Lipinski definition) is 3. The predicted octanol–water partition coefficient (Wildman–Crippen LogP) is 3.23. The number of carbonyl (C=O) groups excluding carboxylic acids is 1. The van der Waals surface area contributed by atoms with E-state index in [1.165, 1.54) is 11.3 Å². The van der Waals surface area contributed by atoms with Crippen LogP contribution in [0, 0.1) is 0 Å². The van der Waals surface area contributed by atoms with Crippen molar-refractivity contribution in [2.24, 2.45) is 0 Å². The van der Waals surface area contributed by atoms with E-state index in [2.05, 4.69) is 10.3 Å². The molecule has 0 spiro atoms. The molecule has 2 aromatic heterocycles. The van der Waals surface area contributed by atoms with Gasteiger partial charge in [0.2, 0.25) is 0 Å². The van der Waals surface area contributed by atoms with Gasteiger partial charge in [0.05, 0.1) is 10.4 Å². The van der Waals surface area contributed by atoms with Crippen LogP contribution in [0.25, 0.3) is 10.9 Å². The molecule has 1 aromatic carbocycles. The fraction of sp³-hybridized carbons (Fsp3) is 0.0667. The third kappa shape index (κ3) is 2.48. The number of benzene rings is 1. The molecule has 0 radical (unpaired) electrons. The zero-order chi connectivity index (χ0) is 13.1. The lowest BCUT2D eigenvalue weighted by Crippen LogP contribution is -2.21. The molecule has 0 aliphatic rings. The molecule has 1 amide bonds. The van der Waals surface area contributed by atoms with Gasteiger partial charge in [-0.2, -0.15) is 0 Å². The summed E-state index contributed by atoms with van der Waals surface area (Å²) in [7, 11) is 0. The largest absolute Gasteiger partial charge is 0.347 e. The third-order valence-electron chi connectivity index (χ3n) is 2.90. The average Bonchev–Trinajstić information content (AvgIpc) is 2.99. The number of para-hydroxylation sites is 1. The second-order valence-corrected chi connectivity index (χ2v) is 5.10. The summed E-state index contributed by atoms with van der Waals surface area (Å²) in [5.41, 5.74) is 1.97. The number of hydrogen-bond donors (Lipinski definition) is 1. The van der Waals surface area contributed by atoms with Crippen LogP contribution in [0.15, 0.2) is 54.0 Å². The van der Waals surface area contributed by atoms with Crippen molar-refractivity contribution < 1.29 is 4.79 Å². The first-order chi connectivity index (χ1) is 9.34. The molecule has 0 saturated heterocycles. The van der Waals surface area contributed by atoms with Crippen LogP contribution in [-0.4, -0.2) is 10.9 Å². The van der Waals surface area contributed by atoms with Crippen molar-refractivity contribution in [3.63, 3.8) is 0 Å². The van der Waals surface area contributed by atoms with Crippen LogP contribution in [0.3, 0.4) is 0 Å². The van der Waals surface area contributed by atoms with Crippen molar-refractivity contribution in [2.45, 2.75) is 6.54 Å². The Kier molecular flexibility index (Phi) is 3.25. The Morgan fingerprint density at radius 1 is 1.16 bits per heavy atom. The monoisotopic (exact) mass is 268 g/mol. The topological polar surface area (TPSA) is 42.0 Å². The van der Waals surface area contributed by atoms with Crippen molar-refractivity contribution in [2.75, 3.05) is 0 Å². The lowest BCUT2D eigenvalue weighted by Gasteiger charge is -2.06. The van der Waals surface area contributed by atoms with Crippen LogP contribution in [0.4, 0.5) is 0 Å². The SMILES string of the molecule is O=C(NCc1cccc2cccnc12)c1cccs1. The van der Waals surface area contributed by atoms with Crippen LogP contribution in [0.2, 0.25) is 0 Å². The molecule has 0 saturated carbocycles. The van der Waals surface area contributed by atoms with Gasteiger partial charge in [0.1, 0.15) is 0 Å². The van der Waals surface area contributed by atoms with Crippen LogP contribution < -0.4 is 5.32 Å². The first kappa shape index (κ1) is 11.9. The lowest BCUT2D eigenvalue weighted by molar-refractivity contribution is 0.0955. The van der Waals surface area contributed by atoms with E-state index in [1.54, 1.807) is 6.20 Å². The molecule has 2 heterocycles. The molecule has 0 bridgehead atoms. The number of pyridine rings is 1. The maximum absolute atomic E-state index is 11.9. The number of fused-ring (bicyclic) bond motifs is 1. The standard InChI is InChI=1S/C15H12N2OS/c18-15(13-7-3-9-19-13)17-10-12-5-1-4-11-6-2-8-16-14(11)12/h1-9H,10H2,(H,17,18). The number of rotatable bonds is 3. The minimum Gasteiger partial charge on any atom is -0.347 e. The Labute approximate surface area is 114 Å². The highest BCUT2D eigenvalue weighted by Crippen LogP contribution is 2.16. The maximum atomic E-state index is 11.9. The molecular weight excluding hydrogens is 256 g/mol. The summed E-state index contributed by atoms with van der Waals surface area (Å²) in [6.45, 7) is 0.491. The smallest absolute Gasteiger partial charge is 0.261 e. The highest BCUT2D eigenvalue weighted by Gasteiger charge is 2.07. The summed E-state index contributed by atoms with van der Waals surface area (Å²) in [6, 6.07) is 13.6. The summed E-state index contributed by atoms with van der Waals surface area (Å²) in [4.78, 5) is 17.0. The lowest BCUT2D eigenvalue weighted by atomic mass is 10.1. The molecular formula is C15H12N2OS. The molecule has 1 N–H and O–H groups in total. The molecule has 0 unspecified atom stereocenters. The third-order valence-corrected chi connectivity index (χ3v) is 3.77. The van der Waals surface area contributed by atoms with Gasteiger partial charge < -0.3 is 5.32 Å². The van der Waals surface area contributed by atoms with Gasteiger partial charge >= 0.3 is 0 Å². The van der Waals surface area contributed by atoms with Crippen molar-refractivity contribution in [1.29, 1.82) is 0 Å². The van der Waals surface area contributed by atoms with Gasteiger partial charge in [-0.15, -0.1) is 11.3 Å². The van der Waals surface area contributed by atoms with E-state index < -0.39 is 0 Å². The van der Waals surface area contributed by atoms with E-state index in [-0.39, 0.29) is 5.91 Å². The van der Waals surface area contributed by atoms with Crippen molar-refractivity contribution in [3.8, 4) is 0 Å². The van der Waals surface area contributed by atoms with Gasteiger partial charge in [-0.3, -0.25) is 9.78 Å². The quantitative estimate of drug-likeness (QED) is 0.792. The minimum atomic E-state index is -0.0389. The van der Waals surface area contributed by atoms with E-state index in [0.29, 0.717) is 6.54 Å². The summed E-state index contributed by atoms with van der Waals surface area (Å²) < 4.78 is 0. The van der Waals surface area contributed by atoms with Gasteiger partial charge in [0.15, 0.2) is 0 Å². The molecule has 0 atom stereocenters. The summed E-state index contributed by atoms with van der Waals surface area (Å²) >= 11 is 1.44. The Morgan fingerprint density at radius 2 is 2.05 bits per heavy atom. The molecule has 94 valence electrons. The first-order valence-corrected chi connectivity index (χ1v) is 6.87. The number of nitrogens with zero attached hydrogens (tertiary/aromatic N) is 1. The molecule has 19 heavy (non-hydrogen) atoms. The molecule has 0 fully saturated rings. The van der Waals surface area contributed by atoms with Crippen molar-refractivity contribution in [1.82, 2.24) is 10.3 Å². The zero-order valence-electron chi connectivity index (χ0n) is 10.2. The van der Waals surface area contributed by atoms with Gasteiger partial charge in [-0.25, -0.2) is 0 Å². The van der Waals surface area contributed by atoms with Crippen LogP contribution in [0.1, 0.15) is 15.2 Å². The first-order valence-electron chi connectivity index (χ1n) is 5.99. The van der Waals surface area contributed by atoms with E-state index in [9.17, 15) is 4.79 Å². The predicted molar refractivity (Wildman–Crippen MR) is 77.2 cm³/mol. The molecule has 0 aliphatic carbocycles. The second-order valence-electron chi connectivity index (χ2n) is 4.15. The van der Waals surface area contributed by atoms with Gasteiger partial charge in [-0.1, -0.05) is 30.3 Å². The van der Waals surface area contributed by atoms with E-state index in [4.69, 9.17) is 0 Å². The average molecular weight is 268 g/mol. The normalized spacial score (nSPS) is 10.5. The van der Waals surface area contributed by atoms with E-state index in [1.807, 2.05) is 47.8 Å². The number of aromatic nitrogens is 1. The minimum absolute atomic E-state index is 0.0389. The van der Waals surface area contributed by atoms with Gasteiger partial charge in [0, 0.05) is 18.1 Å². The number of carbonyl (C=O) groups is 1. The zero-order valence-corrected chi connectivity index (χ0v) is 11.0. The number of amides is 1. The summed E-state index contributed by atoms with van der Waals surface area (Å²) in [5.74, 6) is -0.0389. The van der Waals surface area contributed by atoms with Crippen molar-refractivity contribution in [3.05, 3.63) is 64.5 Å². The number of thiophene rings is 1. The molecule has 4 heteroatoms. The van der Waals surface area contributed by atoms with Crippen molar-refractivity contribution >= 4 is 28.1 Å².